The monoisotopic (exact) mass is 344 g/mol. The number of rotatable bonds is 5. The molecule has 0 aliphatic heterocycles. The molecule has 0 radical (unpaired) electrons. The lowest BCUT2D eigenvalue weighted by atomic mass is 10.2. The third-order valence-electron chi connectivity index (χ3n) is 3.34. The van der Waals surface area contributed by atoms with Crippen LogP contribution < -0.4 is 4.74 Å². The SMILES string of the molecule is Cc1ccc(-c2nc(COc3cc(F)ccc3[N+](=O)[O-])cs2)cc1. The number of halogens is 1. The molecule has 0 spiro atoms. The number of nitrogens with zero attached hydrogens (tertiary/aromatic N) is 2. The van der Waals surface area contributed by atoms with Crippen LogP contribution in [0.3, 0.4) is 0 Å². The highest BCUT2D eigenvalue weighted by Crippen LogP contribution is 2.29. The van der Waals surface area contributed by atoms with Gasteiger partial charge in [0.2, 0.25) is 0 Å². The molecule has 5 nitrogen and oxygen atoms in total. The predicted octanol–water partition coefficient (Wildman–Crippen LogP) is 4.74. The van der Waals surface area contributed by atoms with Crippen LogP contribution in [-0.2, 0) is 6.61 Å². The van der Waals surface area contributed by atoms with Crippen LogP contribution in [0.4, 0.5) is 10.1 Å². The van der Waals surface area contributed by atoms with Crippen molar-refractivity contribution in [3.8, 4) is 16.3 Å². The van der Waals surface area contributed by atoms with Crippen LogP contribution in [0.2, 0.25) is 0 Å². The summed E-state index contributed by atoms with van der Waals surface area (Å²) in [5, 5.41) is 13.6. The van der Waals surface area contributed by atoms with E-state index < -0.39 is 10.7 Å². The minimum atomic E-state index is -0.604. The number of thiazole rings is 1. The van der Waals surface area contributed by atoms with Gasteiger partial charge in [0.15, 0.2) is 5.75 Å². The number of hydrogen-bond donors (Lipinski definition) is 0. The first-order chi connectivity index (χ1) is 11.5. The molecule has 0 saturated carbocycles. The molecule has 0 unspecified atom stereocenters. The van der Waals surface area contributed by atoms with Crippen molar-refractivity contribution in [3.05, 3.63) is 75.0 Å². The van der Waals surface area contributed by atoms with E-state index in [-0.39, 0.29) is 18.0 Å². The molecule has 0 atom stereocenters. The average molecular weight is 344 g/mol. The number of aromatic nitrogens is 1. The van der Waals surface area contributed by atoms with E-state index >= 15 is 0 Å². The molecular formula is C17H13FN2O3S. The smallest absolute Gasteiger partial charge is 0.311 e. The summed E-state index contributed by atoms with van der Waals surface area (Å²) in [4.78, 5) is 14.8. The lowest BCUT2D eigenvalue weighted by Crippen LogP contribution is -2.00. The van der Waals surface area contributed by atoms with Crippen LogP contribution in [-0.4, -0.2) is 9.91 Å². The van der Waals surface area contributed by atoms with Crippen LogP contribution in [0.5, 0.6) is 5.75 Å². The quantitative estimate of drug-likeness (QED) is 0.495. The van der Waals surface area contributed by atoms with Crippen molar-refractivity contribution in [2.24, 2.45) is 0 Å². The Hall–Kier alpha value is -2.80. The van der Waals surface area contributed by atoms with Gasteiger partial charge in [0.25, 0.3) is 0 Å². The number of nitro benzene ring substituents is 1. The molecule has 3 rings (SSSR count). The number of nitro groups is 1. The van der Waals surface area contributed by atoms with Gasteiger partial charge in [-0.15, -0.1) is 11.3 Å². The number of ether oxygens (including phenoxy) is 1. The first-order valence-corrected chi connectivity index (χ1v) is 7.99. The maximum atomic E-state index is 13.3. The van der Waals surface area contributed by atoms with E-state index in [2.05, 4.69) is 4.98 Å². The van der Waals surface area contributed by atoms with Crippen molar-refractivity contribution in [2.45, 2.75) is 13.5 Å². The number of benzene rings is 2. The Morgan fingerprint density at radius 1 is 1.25 bits per heavy atom. The molecule has 2 aromatic carbocycles. The van der Waals surface area contributed by atoms with E-state index in [9.17, 15) is 14.5 Å². The van der Waals surface area contributed by atoms with Crippen molar-refractivity contribution in [2.75, 3.05) is 0 Å². The summed E-state index contributed by atoms with van der Waals surface area (Å²) in [6.07, 6.45) is 0. The van der Waals surface area contributed by atoms with E-state index in [4.69, 9.17) is 4.74 Å². The second kappa shape index (κ2) is 6.76. The summed E-state index contributed by atoms with van der Waals surface area (Å²) in [7, 11) is 0. The zero-order chi connectivity index (χ0) is 17.1. The van der Waals surface area contributed by atoms with Gasteiger partial charge in [-0.3, -0.25) is 10.1 Å². The van der Waals surface area contributed by atoms with Crippen LogP contribution in [0, 0.1) is 22.9 Å². The molecule has 1 heterocycles. The molecule has 1 aromatic heterocycles. The highest BCUT2D eigenvalue weighted by molar-refractivity contribution is 7.13. The molecule has 7 heteroatoms. The molecular weight excluding hydrogens is 331 g/mol. The van der Waals surface area contributed by atoms with Gasteiger partial charge in [0.05, 0.1) is 10.6 Å². The van der Waals surface area contributed by atoms with Gasteiger partial charge in [0, 0.05) is 23.1 Å². The van der Waals surface area contributed by atoms with E-state index in [1.54, 1.807) is 0 Å². The highest BCUT2D eigenvalue weighted by Gasteiger charge is 2.16. The van der Waals surface area contributed by atoms with Crippen molar-refractivity contribution < 1.29 is 14.1 Å². The van der Waals surface area contributed by atoms with Gasteiger partial charge in [-0.2, -0.15) is 0 Å². The van der Waals surface area contributed by atoms with E-state index in [0.717, 1.165) is 34.3 Å². The Bertz CT molecular complexity index is 878. The van der Waals surface area contributed by atoms with Gasteiger partial charge in [-0.1, -0.05) is 29.8 Å². The summed E-state index contributed by atoms with van der Waals surface area (Å²) >= 11 is 1.46. The summed E-state index contributed by atoms with van der Waals surface area (Å²) < 4.78 is 18.7. The minimum Gasteiger partial charge on any atom is -0.480 e. The van der Waals surface area contributed by atoms with Gasteiger partial charge in [-0.05, 0) is 13.0 Å². The van der Waals surface area contributed by atoms with E-state index in [1.165, 1.54) is 11.3 Å². The minimum absolute atomic E-state index is 0.0344. The molecule has 3 aromatic rings. The molecule has 0 amide bonds. The zero-order valence-electron chi connectivity index (χ0n) is 12.7. The van der Waals surface area contributed by atoms with Gasteiger partial charge in [0.1, 0.15) is 17.4 Å². The van der Waals surface area contributed by atoms with Crippen molar-refractivity contribution in [1.29, 1.82) is 0 Å². The van der Waals surface area contributed by atoms with Crippen molar-refractivity contribution >= 4 is 17.0 Å². The summed E-state index contributed by atoms with van der Waals surface area (Å²) in [6, 6.07) is 11.1. The van der Waals surface area contributed by atoms with Crippen LogP contribution >= 0.6 is 11.3 Å². The van der Waals surface area contributed by atoms with E-state index in [0.29, 0.717) is 5.69 Å². The van der Waals surface area contributed by atoms with Crippen molar-refractivity contribution in [3.63, 3.8) is 0 Å². The Balaban J connectivity index is 1.75. The maximum Gasteiger partial charge on any atom is 0.311 e. The fourth-order valence-corrected chi connectivity index (χ4v) is 2.92. The van der Waals surface area contributed by atoms with Gasteiger partial charge < -0.3 is 4.74 Å². The molecule has 0 aliphatic rings. The molecule has 24 heavy (non-hydrogen) atoms. The van der Waals surface area contributed by atoms with Crippen LogP contribution in [0.25, 0.3) is 10.6 Å². The molecule has 0 saturated heterocycles. The van der Waals surface area contributed by atoms with Crippen LogP contribution in [0.1, 0.15) is 11.3 Å². The number of hydrogen-bond acceptors (Lipinski definition) is 5. The first kappa shape index (κ1) is 16.1. The highest BCUT2D eigenvalue weighted by atomic mass is 32.1. The fraction of sp³-hybridized carbons (Fsp3) is 0.118. The van der Waals surface area contributed by atoms with Crippen LogP contribution in [0.15, 0.2) is 47.8 Å². The third kappa shape index (κ3) is 3.57. The summed E-state index contributed by atoms with van der Waals surface area (Å²) in [5.74, 6) is -0.695. The van der Waals surface area contributed by atoms with Crippen molar-refractivity contribution in [1.82, 2.24) is 4.98 Å². The van der Waals surface area contributed by atoms with E-state index in [1.807, 2.05) is 36.6 Å². The molecule has 122 valence electrons. The lowest BCUT2D eigenvalue weighted by Gasteiger charge is -2.05. The largest absolute Gasteiger partial charge is 0.480 e. The Morgan fingerprint density at radius 2 is 2.00 bits per heavy atom. The number of aryl methyl sites for hydroxylation is 1. The zero-order valence-corrected chi connectivity index (χ0v) is 13.5. The summed E-state index contributed by atoms with van der Waals surface area (Å²) in [5.41, 5.74) is 2.52. The lowest BCUT2D eigenvalue weighted by molar-refractivity contribution is -0.386. The molecule has 0 fully saturated rings. The predicted molar refractivity (Wildman–Crippen MR) is 89.7 cm³/mol. The first-order valence-electron chi connectivity index (χ1n) is 7.11. The molecule has 0 N–H and O–H groups in total. The normalized spacial score (nSPS) is 10.6. The summed E-state index contributed by atoms with van der Waals surface area (Å²) in [6.45, 7) is 2.05. The standard InChI is InChI=1S/C17H13FN2O3S/c1-11-2-4-12(5-3-11)17-19-14(10-24-17)9-23-16-8-13(18)6-7-15(16)20(21)22/h2-8,10H,9H2,1H3. The fourth-order valence-electron chi connectivity index (χ4n) is 2.11. The van der Waals surface area contributed by atoms with Gasteiger partial charge in [-0.25, -0.2) is 9.37 Å². The average Bonchev–Trinajstić information content (AvgIpc) is 3.02. The second-order valence-corrected chi connectivity index (χ2v) is 6.03. The molecule has 0 bridgehead atoms. The topological polar surface area (TPSA) is 65.3 Å². The Kier molecular flexibility index (Phi) is 4.52. The Morgan fingerprint density at radius 3 is 2.71 bits per heavy atom. The Labute approximate surface area is 141 Å². The van der Waals surface area contributed by atoms with Gasteiger partial charge >= 0.3 is 5.69 Å². The third-order valence-corrected chi connectivity index (χ3v) is 4.28. The molecule has 0 aliphatic carbocycles. The second-order valence-electron chi connectivity index (χ2n) is 5.17. The maximum absolute atomic E-state index is 13.3.